The summed E-state index contributed by atoms with van der Waals surface area (Å²) in [5.41, 5.74) is 4.16. The third kappa shape index (κ3) is 3.89. The number of imide groups is 1. The standard InChI is InChI=1S/C25H30N6O3S/c1-13(2)30-21-19(12-26-30)18(11-20(27-21)17-10-15(4)35-16(17)5)22(32)29-31-23(33)25(28-24(31)34)8-6-14(3)7-9-25/h10-14H,6-9H2,1-5H3,(H,28,34)(H,29,32). The van der Waals surface area contributed by atoms with Crippen LogP contribution in [0.1, 0.15) is 72.6 Å². The van der Waals surface area contributed by atoms with E-state index >= 15 is 0 Å². The van der Waals surface area contributed by atoms with Gasteiger partial charge >= 0.3 is 6.03 Å². The number of hydrazine groups is 1. The highest BCUT2D eigenvalue weighted by Crippen LogP contribution is 2.36. The molecule has 3 aromatic heterocycles. The first-order valence-electron chi connectivity index (χ1n) is 12.0. The fraction of sp³-hybridized carbons (Fsp3) is 0.480. The largest absolute Gasteiger partial charge is 0.344 e. The molecule has 1 saturated carbocycles. The Bertz CT molecular complexity index is 1350. The number of urea groups is 1. The summed E-state index contributed by atoms with van der Waals surface area (Å²) in [6.45, 7) is 10.2. The number of nitrogens with one attached hydrogen (secondary N) is 2. The number of carbonyl (C=O) groups excluding carboxylic acids is 3. The first-order chi connectivity index (χ1) is 16.6. The molecule has 4 amide bonds. The van der Waals surface area contributed by atoms with E-state index in [4.69, 9.17) is 4.98 Å². The minimum atomic E-state index is -0.927. The van der Waals surface area contributed by atoms with Gasteiger partial charge in [-0.1, -0.05) is 6.92 Å². The van der Waals surface area contributed by atoms with Gasteiger partial charge in [-0.15, -0.1) is 11.3 Å². The third-order valence-corrected chi connectivity index (χ3v) is 8.09. The average molecular weight is 495 g/mol. The molecule has 1 aliphatic carbocycles. The second-order valence-corrected chi connectivity index (χ2v) is 11.5. The Morgan fingerprint density at radius 3 is 2.57 bits per heavy atom. The molecule has 1 saturated heterocycles. The number of amides is 4. The fourth-order valence-corrected chi connectivity index (χ4v) is 6.02. The molecule has 2 fully saturated rings. The lowest BCUT2D eigenvalue weighted by atomic mass is 9.77. The minimum Gasteiger partial charge on any atom is -0.322 e. The number of hydrogen-bond acceptors (Lipinski definition) is 6. The van der Waals surface area contributed by atoms with Crippen molar-refractivity contribution in [3.8, 4) is 11.3 Å². The van der Waals surface area contributed by atoms with Crippen molar-refractivity contribution in [3.05, 3.63) is 33.6 Å². The maximum atomic E-state index is 13.5. The molecule has 1 aliphatic heterocycles. The van der Waals surface area contributed by atoms with Crippen molar-refractivity contribution in [1.29, 1.82) is 0 Å². The number of hydrogen-bond donors (Lipinski definition) is 2. The topological polar surface area (TPSA) is 109 Å². The van der Waals surface area contributed by atoms with Crippen LogP contribution < -0.4 is 10.7 Å². The Labute approximate surface area is 207 Å². The van der Waals surface area contributed by atoms with Crippen molar-refractivity contribution in [2.75, 3.05) is 0 Å². The van der Waals surface area contributed by atoms with Gasteiger partial charge in [0.25, 0.3) is 11.8 Å². The molecule has 0 radical (unpaired) electrons. The van der Waals surface area contributed by atoms with Crippen LogP contribution in [-0.2, 0) is 4.79 Å². The first kappa shape index (κ1) is 23.5. The number of pyridine rings is 1. The molecule has 184 valence electrons. The molecule has 0 atom stereocenters. The van der Waals surface area contributed by atoms with Crippen LogP contribution in [0.5, 0.6) is 0 Å². The van der Waals surface area contributed by atoms with Crippen LogP contribution in [0.4, 0.5) is 4.79 Å². The normalized spacial score (nSPS) is 22.5. The summed E-state index contributed by atoms with van der Waals surface area (Å²) in [6, 6.07) is 3.22. The smallest absolute Gasteiger partial charge is 0.322 e. The van der Waals surface area contributed by atoms with Gasteiger partial charge in [0.05, 0.1) is 22.8 Å². The molecule has 9 nitrogen and oxygen atoms in total. The SMILES string of the molecule is Cc1cc(-c2cc(C(=O)NN3C(=O)NC4(CCC(C)CC4)C3=O)c3cnn(C(C)C)c3n2)c(C)s1. The van der Waals surface area contributed by atoms with Gasteiger partial charge in [-0.25, -0.2) is 14.5 Å². The lowest BCUT2D eigenvalue weighted by molar-refractivity contribution is -0.134. The van der Waals surface area contributed by atoms with E-state index in [-0.39, 0.29) is 6.04 Å². The van der Waals surface area contributed by atoms with Crippen molar-refractivity contribution in [3.63, 3.8) is 0 Å². The molecule has 3 aromatic rings. The van der Waals surface area contributed by atoms with Crippen LogP contribution in [0.15, 0.2) is 18.3 Å². The highest BCUT2D eigenvalue weighted by molar-refractivity contribution is 7.12. The summed E-state index contributed by atoms with van der Waals surface area (Å²) in [7, 11) is 0. The van der Waals surface area contributed by atoms with E-state index < -0.39 is 23.4 Å². The number of thiophene rings is 1. The van der Waals surface area contributed by atoms with E-state index in [1.165, 1.54) is 0 Å². The van der Waals surface area contributed by atoms with Gasteiger partial charge < -0.3 is 5.32 Å². The summed E-state index contributed by atoms with van der Waals surface area (Å²) < 4.78 is 1.77. The second kappa shape index (κ2) is 8.44. The maximum absolute atomic E-state index is 13.5. The lowest BCUT2D eigenvalue weighted by Gasteiger charge is -2.33. The van der Waals surface area contributed by atoms with Crippen LogP contribution >= 0.6 is 11.3 Å². The van der Waals surface area contributed by atoms with E-state index in [1.807, 2.05) is 27.7 Å². The van der Waals surface area contributed by atoms with Gasteiger partial charge in [0.15, 0.2) is 5.65 Å². The van der Waals surface area contributed by atoms with Gasteiger partial charge in [-0.3, -0.25) is 15.0 Å². The van der Waals surface area contributed by atoms with Crippen molar-refractivity contribution in [2.45, 2.75) is 71.9 Å². The molecule has 4 heterocycles. The first-order valence-corrected chi connectivity index (χ1v) is 12.8. The number of aromatic nitrogens is 3. The molecular formula is C25H30N6O3S. The molecular weight excluding hydrogens is 464 g/mol. The Morgan fingerprint density at radius 1 is 1.23 bits per heavy atom. The molecule has 0 aromatic carbocycles. The molecule has 0 bridgehead atoms. The van der Waals surface area contributed by atoms with E-state index in [9.17, 15) is 14.4 Å². The van der Waals surface area contributed by atoms with E-state index in [0.29, 0.717) is 41.1 Å². The van der Waals surface area contributed by atoms with Crippen LogP contribution in [-0.4, -0.2) is 43.2 Å². The molecule has 2 N–H and O–H groups in total. The highest BCUT2D eigenvalue weighted by atomic mass is 32.1. The predicted octanol–water partition coefficient (Wildman–Crippen LogP) is 4.50. The Hall–Kier alpha value is -3.27. The summed E-state index contributed by atoms with van der Waals surface area (Å²) in [6.07, 6.45) is 4.48. The quantitative estimate of drug-likeness (QED) is 0.519. The zero-order chi connectivity index (χ0) is 25.1. The Kier molecular flexibility index (Phi) is 5.66. The van der Waals surface area contributed by atoms with Crippen molar-refractivity contribution >= 4 is 40.2 Å². The number of nitrogens with zero attached hydrogens (tertiary/aromatic N) is 4. The van der Waals surface area contributed by atoms with Crippen molar-refractivity contribution in [2.24, 2.45) is 5.92 Å². The lowest BCUT2D eigenvalue weighted by Crippen LogP contribution is -2.51. The van der Waals surface area contributed by atoms with Crippen molar-refractivity contribution < 1.29 is 14.4 Å². The predicted molar refractivity (Wildman–Crippen MR) is 134 cm³/mol. The van der Waals surface area contributed by atoms with Crippen LogP contribution in [0.3, 0.4) is 0 Å². The zero-order valence-electron chi connectivity index (χ0n) is 20.6. The average Bonchev–Trinajstić information content (AvgIpc) is 3.45. The molecule has 2 aliphatic rings. The molecule has 35 heavy (non-hydrogen) atoms. The highest BCUT2D eigenvalue weighted by Gasteiger charge is 2.53. The fourth-order valence-electron chi connectivity index (χ4n) is 5.08. The molecule has 5 rings (SSSR count). The third-order valence-electron chi connectivity index (χ3n) is 7.12. The van der Waals surface area contributed by atoms with Crippen molar-refractivity contribution in [1.82, 2.24) is 30.5 Å². The van der Waals surface area contributed by atoms with Crippen LogP contribution in [0.25, 0.3) is 22.3 Å². The van der Waals surface area contributed by atoms with E-state index in [0.717, 1.165) is 33.2 Å². The van der Waals surface area contributed by atoms with Gasteiger partial charge in [-0.05, 0) is 71.4 Å². The number of carbonyl (C=O) groups is 3. The van der Waals surface area contributed by atoms with Gasteiger partial charge in [0, 0.05) is 21.4 Å². The maximum Gasteiger partial charge on any atom is 0.344 e. The van der Waals surface area contributed by atoms with E-state index in [2.05, 4.69) is 28.8 Å². The Balaban J connectivity index is 1.53. The monoisotopic (exact) mass is 494 g/mol. The molecule has 10 heteroatoms. The Morgan fingerprint density at radius 2 is 1.94 bits per heavy atom. The summed E-state index contributed by atoms with van der Waals surface area (Å²) in [4.78, 5) is 46.6. The minimum absolute atomic E-state index is 0.0379. The van der Waals surface area contributed by atoms with Gasteiger partial charge in [-0.2, -0.15) is 10.1 Å². The zero-order valence-corrected chi connectivity index (χ0v) is 21.5. The second-order valence-electron chi connectivity index (χ2n) is 10.1. The van der Waals surface area contributed by atoms with Gasteiger partial charge in [0.1, 0.15) is 5.54 Å². The number of fused-ring (bicyclic) bond motifs is 1. The number of aryl methyl sites for hydroxylation is 2. The number of rotatable bonds is 4. The molecule has 1 spiro atoms. The summed E-state index contributed by atoms with van der Waals surface area (Å²) in [5, 5.41) is 8.71. The van der Waals surface area contributed by atoms with Gasteiger partial charge in [0.2, 0.25) is 0 Å². The van der Waals surface area contributed by atoms with Crippen LogP contribution in [0.2, 0.25) is 0 Å². The molecule has 0 unspecified atom stereocenters. The summed E-state index contributed by atoms with van der Waals surface area (Å²) >= 11 is 1.67. The van der Waals surface area contributed by atoms with E-state index in [1.54, 1.807) is 28.3 Å². The van der Waals surface area contributed by atoms with Crippen LogP contribution in [0, 0.1) is 19.8 Å². The summed E-state index contributed by atoms with van der Waals surface area (Å²) in [5.74, 6) is -0.425.